The van der Waals surface area contributed by atoms with Gasteiger partial charge in [0.25, 0.3) is 0 Å². The number of β-amino-alcohol motifs (C(OH)–C–C–N with tert-alkyl or cyclic N) is 2. The Morgan fingerprint density at radius 2 is 1.32 bits per heavy atom. The minimum Gasteiger partial charge on any atom is -0.457 e. The predicted octanol–water partition coefficient (Wildman–Crippen LogP) is 2.49. The molecule has 2 N–H and O–H groups in total. The molecule has 0 aromatic heterocycles. The first-order chi connectivity index (χ1) is 16.3. The molecule has 2 aliphatic heterocycles. The lowest BCUT2D eigenvalue weighted by molar-refractivity contribution is 0.0479. The number of piperazine rings is 1. The van der Waals surface area contributed by atoms with Crippen molar-refractivity contribution in [2.24, 2.45) is 0 Å². The van der Waals surface area contributed by atoms with Crippen LogP contribution >= 0.6 is 0 Å². The van der Waals surface area contributed by atoms with E-state index >= 15 is 0 Å². The Kier molecular flexibility index (Phi) is 6.29. The number of rotatable bonds is 6. The molecule has 3 aliphatic rings. The van der Waals surface area contributed by atoms with Crippen molar-refractivity contribution in [1.82, 2.24) is 9.80 Å². The van der Waals surface area contributed by atoms with Crippen LogP contribution in [0.15, 0.2) is 24.3 Å². The fourth-order valence-electron chi connectivity index (χ4n) is 5.66. The standard InChI is InChI=1S/C27H32N2O5/c1-16-18-7-8-24(30)21(18)5-3-19(16)25(31)13-28-9-11-29(12-10-28)14-26(32)20-4-6-22-23(17(20)2)15-34-27(22)33/h3-6,25-26,31-32H,7-15H2,1-2H3. The second-order valence-corrected chi connectivity index (χ2v) is 9.74. The SMILES string of the molecule is Cc1c(C(O)CN2CCN(CC(O)c3ccc4c(c3C)COC4=O)CC2)ccc2c1CCC2=O. The van der Waals surface area contributed by atoms with Gasteiger partial charge < -0.3 is 14.9 Å². The smallest absolute Gasteiger partial charge is 0.338 e. The molecule has 5 rings (SSSR count). The number of hydrogen-bond acceptors (Lipinski definition) is 7. The molecule has 2 atom stereocenters. The zero-order valence-corrected chi connectivity index (χ0v) is 19.8. The Morgan fingerprint density at radius 1 is 0.794 bits per heavy atom. The van der Waals surface area contributed by atoms with Crippen LogP contribution in [0.2, 0.25) is 0 Å². The summed E-state index contributed by atoms with van der Waals surface area (Å²) >= 11 is 0. The van der Waals surface area contributed by atoms with Gasteiger partial charge in [-0.15, -0.1) is 0 Å². The van der Waals surface area contributed by atoms with Gasteiger partial charge in [0.15, 0.2) is 5.78 Å². The molecule has 0 spiro atoms. The minimum absolute atomic E-state index is 0.203. The highest BCUT2D eigenvalue weighted by Gasteiger charge is 2.28. The molecule has 34 heavy (non-hydrogen) atoms. The summed E-state index contributed by atoms with van der Waals surface area (Å²) in [4.78, 5) is 28.3. The van der Waals surface area contributed by atoms with E-state index in [2.05, 4.69) is 9.80 Å². The number of hydrogen-bond donors (Lipinski definition) is 2. The Balaban J connectivity index is 1.16. The lowest BCUT2D eigenvalue weighted by Crippen LogP contribution is -2.48. The minimum atomic E-state index is -0.630. The number of esters is 1. The molecule has 1 aliphatic carbocycles. The maximum atomic E-state index is 12.0. The molecule has 2 heterocycles. The molecule has 2 aromatic rings. The highest BCUT2D eigenvalue weighted by atomic mass is 16.5. The highest BCUT2D eigenvalue weighted by molar-refractivity contribution is 6.00. The van der Waals surface area contributed by atoms with E-state index < -0.39 is 12.2 Å². The van der Waals surface area contributed by atoms with Crippen LogP contribution in [0.1, 0.15) is 72.7 Å². The quantitative estimate of drug-likeness (QED) is 0.635. The van der Waals surface area contributed by atoms with Crippen molar-refractivity contribution >= 4 is 11.8 Å². The molecule has 0 bridgehead atoms. The highest BCUT2D eigenvalue weighted by Crippen LogP contribution is 2.31. The summed E-state index contributed by atoms with van der Waals surface area (Å²) in [5.74, 6) is -0.0876. The Hall–Kier alpha value is -2.58. The third-order valence-corrected chi connectivity index (χ3v) is 7.80. The van der Waals surface area contributed by atoms with Crippen molar-refractivity contribution in [3.05, 3.63) is 68.8 Å². The number of Topliss-reactive ketones (excluding diaryl/α,β-unsaturated/α-hetero) is 1. The number of fused-ring (bicyclic) bond motifs is 2. The zero-order chi connectivity index (χ0) is 24.0. The molecule has 0 radical (unpaired) electrons. The monoisotopic (exact) mass is 464 g/mol. The van der Waals surface area contributed by atoms with Gasteiger partial charge in [-0.05, 0) is 54.2 Å². The lowest BCUT2D eigenvalue weighted by Gasteiger charge is -2.36. The molecular formula is C27H32N2O5. The maximum absolute atomic E-state index is 12.0. The van der Waals surface area contributed by atoms with Gasteiger partial charge in [-0.25, -0.2) is 4.79 Å². The predicted molar refractivity (Wildman–Crippen MR) is 127 cm³/mol. The Bertz CT molecular complexity index is 1050. The van der Waals surface area contributed by atoms with Crippen molar-refractivity contribution in [2.75, 3.05) is 39.3 Å². The van der Waals surface area contributed by atoms with E-state index in [0.717, 1.165) is 71.5 Å². The second kappa shape index (κ2) is 9.23. The first-order valence-electron chi connectivity index (χ1n) is 12.1. The molecule has 1 fully saturated rings. The topological polar surface area (TPSA) is 90.3 Å². The summed E-state index contributed by atoms with van der Waals surface area (Å²) < 4.78 is 5.13. The number of carbonyl (C=O) groups is 2. The number of aliphatic hydroxyl groups excluding tert-OH is 2. The number of nitrogens with zero attached hydrogens (tertiary/aromatic N) is 2. The summed E-state index contributed by atoms with van der Waals surface area (Å²) in [6.07, 6.45) is 0.127. The van der Waals surface area contributed by atoms with E-state index in [0.29, 0.717) is 25.1 Å². The third-order valence-electron chi connectivity index (χ3n) is 7.80. The van der Waals surface area contributed by atoms with E-state index in [4.69, 9.17) is 4.74 Å². The molecule has 180 valence electrons. The van der Waals surface area contributed by atoms with Crippen molar-refractivity contribution in [1.29, 1.82) is 0 Å². The molecule has 2 aromatic carbocycles. The number of benzene rings is 2. The molecule has 0 amide bonds. The van der Waals surface area contributed by atoms with Crippen LogP contribution in [0.4, 0.5) is 0 Å². The van der Waals surface area contributed by atoms with Crippen LogP contribution in [-0.4, -0.2) is 71.0 Å². The first-order valence-corrected chi connectivity index (χ1v) is 12.1. The van der Waals surface area contributed by atoms with Gasteiger partial charge in [-0.1, -0.05) is 18.2 Å². The van der Waals surface area contributed by atoms with Crippen molar-refractivity contribution < 1.29 is 24.5 Å². The number of cyclic esters (lactones) is 1. The van der Waals surface area contributed by atoms with Crippen LogP contribution in [0, 0.1) is 13.8 Å². The van der Waals surface area contributed by atoms with E-state index in [1.165, 1.54) is 0 Å². The summed E-state index contributed by atoms with van der Waals surface area (Å²) in [5.41, 5.74) is 7.15. The summed E-state index contributed by atoms with van der Waals surface area (Å²) in [6, 6.07) is 7.38. The van der Waals surface area contributed by atoms with E-state index in [1.54, 1.807) is 6.07 Å². The zero-order valence-electron chi connectivity index (χ0n) is 19.8. The van der Waals surface area contributed by atoms with Crippen LogP contribution in [-0.2, 0) is 17.8 Å². The van der Waals surface area contributed by atoms with Gasteiger partial charge in [-0.2, -0.15) is 0 Å². The number of carbonyl (C=O) groups excluding carboxylic acids is 2. The molecule has 7 nitrogen and oxygen atoms in total. The van der Waals surface area contributed by atoms with Crippen LogP contribution in [0.5, 0.6) is 0 Å². The van der Waals surface area contributed by atoms with Gasteiger partial charge in [0, 0.05) is 56.8 Å². The average molecular weight is 465 g/mol. The van der Waals surface area contributed by atoms with Gasteiger partial charge in [0.2, 0.25) is 0 Å². The van der Waals surface area contributed by atoms with E-state index in [9.17, 15) is 19.8 Å². The molecule has 2 unspecified atom stereocenters. The van der Waals surface area contributed by atoms with Crippen molar-refractivity contribution in [2.45, 2.75) is 45.5 Å². The van der Waals surface area contributed by atoms with Gasteiger partial charge in [0.1, 0.15) is 6.61 Å². The fourth-order valence-corrected chi connectivity index (χ4v) is 5.66. The second-order valence-electron chi connectivity index (χ2n) is 9.74. The van der Waals surface area contributed by atoms with Crippen LogP contribution < -0.4 is 0 Å². The molecule has 7 heteroatoms. The number of ether oxygens (including phenoxy) is 1. The Morgan fingerprint density at radius 3 is 1.91 bits per heavy atom. The normalized spacial score (nSPS) is 20.2. The number of ketones is 1. The van der Waals surface area contributed by atoms with Gasteiger partial charge in [-0.3, -0.25) is 14.6 Å². The largest absolute Gasteiger partial charge is 0.457 e. The van der Waals surface area contributed by atoms with Crippen LogP contribution in [0.3, 0.4) is 0 Å². The fraction of sp³-hybridized carbons (Fsp3) is 0.481. The first kappa shape index (κ1) is 23.2. The van der Waals surface area contributed by atoms with Gasteiger partial charge >= 0.3 is 5.97 Å². The number of aliphatic hydroxyl groups is 2. The van der Waals surface area contributed by atoms with Crippen molar-refractivity contribution in [3.63, 3.8) is 0 Å². The van der Waals surface area contributed by atoms with Crippen molar-refractivity contribution in [3.8, 4) is 0 Å². The summed E-state index contributed by atoms with van der Waals surface area (Å²) in [5, 5.41) is 21.8. The van der Waals surface area contributed by atoms with Gasteiger partial charge in [0.05, 0.1) is 17.8 Å². The summed E-state index contributed by atoms with van der Waals surface area (Å²) in [6.45, 7) is 8.58. The average Bonchev–Trinajstić information content (AvgIpc) is 3.39. The molecule has 1 saturated heterocycles. The van der Waals surface area contributed by atoms with E-state index in [-0.39, 0.29) is 18.4 Å². The summed E-state index contributed by atoms with van der Waals surface area (Å²) in [7, 11) is 0. The molecular weight excluding hydrogens is 432 g/mol. The van der Waals surface area contributed by atoms with E-state index in [1.807, 2.05) is 32.0 Å². The third kappa shape index (κ3) is 4.18. The Labute approximate surface area is 199 Å². The maximum Gasteiger partial charge on any atom is 0.338 e. The lowest BCUT2D eigenvalue weighted by atomic mass is 9.95. The van der Waals surface area contributed by atoms with Crippen LogP contribution in [0.25, 0.3) is 0 Å². The molecule has 0 saturated carbocycles.